The van der Waals surface area contributed by atoms with E-state index in [0.29, 0.717) is 50.0 Å². The molecule has 3 aromatic rings. The highest BCUT2D eigenvalue weighted by Crippen LogP contribution is 2.36. The van der Waals surface area contributed by atoms with Crippen LogP contribution < -0.4 is 10.5 Å². The first kappa shape index (κ1) is 22.1. The zero-order valence-corrected chi connectivity index (χ0v) is 19.1. The molecule has 2 heterocycles. The Balaban J connectivity index is 1.44. The van der Waals surface area contributed by atoms with Gasteiger partial charge in [0.25, 0.3) is 0 Å². The second-order valence-electron chi connectivity index (χ2n) is 8.88. The number of halogens is 2. The van der Waals surface area contributed by atoms with Crippen LogP contribution in [0.5, 0.6) is 0 Å². The van der Waals surface area contributed by atoms with Crippen molar-refractivity contribution in [1.29, 1.82) is 0 Å². The molecule has 3 N–H and O–H groups in total. The quantitative estimate of drug-likeness (QED) is 0.382. The molecule has 5 rings (SSSR count). The van der Waals surface area contributed by atoms with Gasteiger partial charge in [-0.3, -0.25) is 0 Å². The second kappa shape index (κ2) is 8.28. The molecule has 1 saturated carbocycles. The first-order chi connectivity index (χ1) is 15.7. The van der Waals surface area contributed by atoms with Crippen LogP contribution in [-0.2, 0) is 29.4 Å². The Labute approximate surface area is 190 Å². The predicted octanol–water partition coefficient (Wildman–Crippen LogP) is 2.88. The molecule has 33 heavy (non-hydrogen) atoms. The van der Waals surface area contributed by atoms with E-state index in [-0.39, 0.29) is 23.3 Å². The molecule has 2 aromatic heterocycles. The third kappa shape index (κ3) is 4.31. The van der Waals surface area contributed by atoms with Crippen LogP contribution in [0.15, 0.2) is 12.1 Å². The van der Waals surface area contributed by atoms with E-state index in [1.54, 1.807) is 4.57 Å². The van der Waals surface area contributed by atoms with Gasteiger partial charge in [-0.1, -0.05) is 12.1 Å². The van der Waals surface area contributed by atoms with E-state index in [2.05, 4.69) is 19.7 Å². The molecule has 0 saturated heterocycles. The summed E-state index contributed by atoms with van der Waals surface area (Å²) in [6, 6.07) is 3.92. The van der Waals surface area contributed by atoms with Crippen molar-refractivity contribution in [3.63, 3.8) is 0 Å². The van der Waals surface area contributed by atoms with Gasteiger partial charge in [0.2, 0.25) is 10.0 Å². The molecule has 11 heteroatoms. The van der Waals surface area contributed by atoms with Crippen molar-refractivity contribution < 1.29 is 17.2 Å². The highest BCUT2D eigenvalue weighted by molar-refractivity contribution is 7.90. The molecule has 1 unspecified atom stereocenters. The standard InChI is InChI=1S/C22H26F2N6O2S/c1-12-9-13-3-6-17(23)16(13)10-14(12)11-18-27-19-20(25)28-22(24)29-21(19)30(18)8-2-7-26-33(31,32)15-4-5-15/h9-10,15,17,26H,2-8,11H2,1H3,(H2,25,28,29). The van der Waals surface area contributed by atoms with E-state index >= 15 is 0 Å². The van der Waals surface area contributed by atoms with Gasteiger partial charge in [0.1, 0.15) is 12.0 Å². The zero-order chi connectivity index (χ0) is 23.3. The molecular formula is C22H26F2N6O2S. The molecule has 0 spiro atoms. The lowest BCUT2D eigenvalue weighted by molar-refractivity contribution is 0.343. The van der Waals surface area contributed by atoms with Gasteiger partial charge in [-0.05, 0) is 61.3 Å². The fraction of sp³-hybridized carbons (Fsp3) is 0.500. The summed E-state index contributed by atoms with van der Waals surface area (Å²) in [4.78, 5) is 12.1. The lowest BCUT2D eigenvalue weighted by atomic mass is 9.98. The van der Waals surface area contributed by atoms with E-state index in [9.17, 15) is 17.2 Å². The fourth-order valence-electron chi connectivity index (χ4n) is 4.50. The number of benzene rings is 1. The van der Waals surface area contributed by atoms with Gasteiger partial charge >= 0.3 is 6.08 Å². The number of hydrogen-bond acceptors (Lipinski definition) is 6. The van der Waals surface area contributed by atoms with Gasteiger partial charge in [-0.25, -0.2) is 22.5 Å². The third-order valence-electron chi connectivity index (χ3n) is 6.45. The maximum absolute atomic E-state index is 14.3. The Hall–Kier alpha value is -2.66. The fourth-order valence-corrected chi connectivity index (χ4v) is 5.92. The van der Waals surface area contributed by atoms with E-state index in [0.717, 1.165) is 28.7 Å². The number of aryl methyl sites for hydroxylation is 3. The molecular weight excluding hydrogens is 450 g/mol. The second-order valence-corrected chi connectivity index (χ2v) is 10.9. The van der Waals surface area contributed by atoms with Crippen LogP contribution in [0, 0.1) is 13.0 Å². The lowest BCUT2D eigenvalue weighted by Gasteiger charge is -2.13. The first-order valence-corrected chi connectivity index (χ1v) is 12.7. The van der Waals surface area contributed by atoms with Crippen molar-refractivity contribution >= 4 is 27.0 Å². The number of rotatable bonds is 8. The lowest BCUT2D eigenvalue weighted by Crippen LogP contribution is -2.28. The number of hydrogen-bond donors (Lipinski definition) is 2. The molecule has 1 atom stereocenters. The average Bonchev–Trinajstić information content (AvgIpc) is 3.49. The molecule has 1 fully saturated rings. The summed E-state index contributed by atoms with van der Waals surface area (Å²) in [5, 5.41) is -0.286. The summed E-state index contributed by atoms with van der Waals surface area (Å²) in [5.74, 6) is 0.541. The summed E-state index contributed by atoms with van der Waals surface area (Å²) in [6.45, 7) is 2.60. The van der Waals surface area contributed by atoms with Crippen molar-refractivity contribution in [2.45, 2.75) is 63.4 Å². The average molecular weight is 477 g/mol. The van der Waals surface area contributed by atoms with Crippen LogP contribution in [0.3, 0.4) is 0 Å². The predicted molar refractivity (Wildman–Crippen MR) is 120 cm³/mol. The molecule has 0 aliphatic heterocycles. The van der Waals surface area contributed by atoms with Crippen LogP contribution >= 0.6 is 0 Å². The zero-order valence-electron chi connectivity index (χ0n) is 18.3. The van der Waals surface area contributed by atoms with Crippen LogP contribution in [-0.4, -0.2) is 39.7 Å². The van der Waals surface area contributed by atoms with Crippen LogP contribution in [0.2, 0.25) is 0 Å². The van der Waals surface area contributed by atoms with Gasteiger partial charge in [0.15, 0.2) is 17.0 Å². The van der Waals surface area contributed by atoms with Crippen molar-refractivity contribution in [2.75, 3.05) is 12.3 Å². The first-order valence-electron chi connectivity index (χ1n) is 11.2. The van der Waals surface area contributed by atoms with Crippen LogP contribution in [0.4, 0.5) is 14.6 Å². The number of fused-ring (bicyclic) bond motifs is 2. The minimum atomic E-state index is -3.28. The number of aromatic nitrogens is 4. The number of anilines is 1. The summed E-state index contributed by atoms with van der Waals surface area (Å²) in [5.41, 5.74) is 10.2. The third-order valence-corrected chi connectivity index (χ3v) is 8.40. The van der Waals surface area contributed by atoms with Gasteiger partial charge in [0, 0.05) is 19.5 Å². The Kier molecular flexibility index (Phi) is 5.56. The maximum Gasteiger partial charge on any atom is 0.312 e. The van der Waals surface area contributed by atoms with Crippen molar-refractivity contribution in [2.24, 2.45) is 0 Å². The molecule has 176 valence electrons. The van der Waals surface area contributed by atoms with Crippen molar-refractivity contribution in [3.05, 3.63) is 46.3 Å². The number of nitrogens with two attached hydrogens (primary N) is 1. The van der Waals surface area contributed by atoms with E-state index in [4.69, 9.17) is 5.73 Å². The topological polar surface area (TPSA) is 116 Å². The number of alkyl halides is 1. The molecule has 0 amide bonds. The monoisotopic (exact) mass is 476 g/mol. The Morgan fingerprint density at radius 2 is 2.00 bits per heavy atom. The molecule has 0 radical (unpaired) electrons. The summed E-state index contributed by atoms with van der Waals surface area (Å²) in [7, 11) is -3.28. The number of nitrogens with zero attached hydrogens (tertiary/aromatic N) is 4. The minimum Gasteiger partial charge on any atom is -0.382 e. The van der Waals surface area contributed by atoms with E-state index in [1.165, 1.54) is 0 Å². The number of nitrogens with one attached hydrogen (secondary N) is 1. The minimum absolute atomic E-state index is 0.0542. The Morgan fingerprint density at radius 1 is 1.21 bits per heavy atom. The van der Waals surface area contributed by atoms with E-state index < -0.39 is 22.3 Å². The highest BCUT2D eigenvalue weighted by atomic mass is 32.2. The normalized spacial score (nSPS) is 18.2. The summed E-state index contributed by atoms with van der Waals surface area (Å²) in [6.07, 6.45) is 1.56. The highest BCUT2D eigenvalue weighted by Gasteiger charge is 2.35. The Bertz CT molecular complexity index is 1340. The number of imidazole rings is 1. The smallest absolute Gasteiger partial charge is 0.312 e. The van der Waals surface area contributed by atoms with Gasteiger partial charge in [0.05, 0.1) is 5.25 Å². The molecule has 2 aliphatic rings. The number of nitrogen functional groups attached to an aromatic ring is 1. The SMILES string of the molecule is Cc1cc2c(cc1Cc1nc3c(N)nc(F)nc3n1CCCNS(=O)(=O)C1CC1)C(F)CC2. The van der Waals surface area contributed by atoms with Gasteiger partial charge in [-0.2, -0.15) is 14.4 Å². The number of sulfonamides is 1. The van der Waals surface area contributed by atoms with Crippen molar-refractivity contribution in [1.82, 2.24) is 24.2 Å². The largest absolute Gasteiger partial charge is 0.382 e. The summed E-state index contributed by atoms with van der Waals surface area (Å²) < 4.78 is 56.8. The Morgan fingerprint density at radius 3 is 2.76 bits per heavy atom. The van der Waals surface area contributed by atoms with E-state index in [1.807, 2.05) is 19.1 Å². The molecule has 2 aliphatic carbocycles. The van der Waals surface area contributed by atoms with Gasteiger partial charge < -0.3 is 10.3 Å². The molecule has 0 bridgehead atoms. The molecule has 1 aromatic carbocycles. The van der Waals surface area contributed by atoms with Crippen LogP contribution in [0.25, 0.3) is 11.2 Å². The molecule has 8 nitrogen and oxygen atoms in total. The van der Waals surface area contributed by atoms with Crippen molar-refractivity contribution in [3.8, 4) is 0 Å². The van der Waals surface area contributed by atoms with Gasteiger partial charge in [-0.15, -0.1) is 0 Å². The summed E-state index contributed by atoms with van der Waals surface area (Å²) >= 11 is 0. The van der Waals surface area contributed by atoms with Crippen LogP contribution in [0.1, 0.15) is 59.9 Å². The maximum atomic E-state index is 14.3.